The van der Waals surface area contributed by atoms with Crippen molar-refractivity contribution in [2.45, 2.75) is 71.4 Å². The second-order valence-electron chi connectivity index (χ2n) is 10.2. The van der Waals surface area contributed by atoms with E-state index in [0.29, 0.717) is 38.7 Å². The minimum Gasteiger partial charge on any atom is -0.489 e. The highest BCUT2D eigenvalue weighted by Crippen LogP contribution is 2.22. The Bertz CT molecular complexity index is 1160. The molecule has 0 aromatic heterocycles. The molecule has 0 radical (unpaired) electrons. The fraction of sp³-hybridized carbons (Fsp3) is 0.469. The molecule has 9 nitrogen and oxygen atoms in total. The van der Waals surface area contributed by atoms with Gasteiger partial charge in [0.05, 0.1) is 13.1 Å². The smallest absolute Gasteiger partial charge is 0.324 e. The number of rotatable bonds is 11. The molecule has 2 aromatic carbocycles. The maximum atomic E-state index is 13.1. The molecular weight excluding hydrogens is 514 g/mol. The molecule has 9 heteroatoms. The molecule has 0 fully saturated rings. The van der Waals surface area contributed by atoms with Gasteiger partial charge in [-0.2, -0.15) is 0 Å². The number of aliphatic imine (C=N–C) groups is 2. The molecule has 1 aliphatic rings. The Kier molecular flexibility index (Phi) is 14.1. The van der Waals surface area contributed by atoms with Crippen molar-refractivity contribution in [3.05, 3.63) is 77.4 Å². The van der Waals surface area contributed by atoms with E-state index in [4.69, 9.17) is 16.2 Å². The van der Waals surface area contributed by atoms with Crippen LogP contribution in [-0.4, -0.2) is 49.0 Å². The van der Waals surface area contributed by atoms with Crippen LogP contribution in [0.4, 0.5) is 4.79 Å². The molecule has 0 atom stereocenters. The number of fused-ring (bicyclic) bond motifs is 2. The van der Waals surface area contributed by atoms with E-state index in [1.165, 1.54) is 5.56 Å². The quantitative estimate of drug-likeness (QED) is 0.135. The van der Waals surface area contributed by atoms with Gasteiger partial charge in [0, 0.05) is 25.2 Å². The Balaban J connectivity index is 1.49. The number of urea groups is 1. The van der Waals surface area contributed by atoms with E-state index < -0.39 is 0 Å². The minimum atomic E-state index is -0.196. The molecule has 222 valence electrons. The SMILES string of the molecule is CC=CCN=C(N)NCCCCCCCCN1CCCc2ccccc2COc2ccccc2CN=C(N)NC1=O. The van der Waals surface area contributed by atoms with Gasteiger partial charge < -0.3 is 26.4 Å². The topological polar surface area (TPSA) is 130 Å². The Hall–Kier alpha value is -4.01. The molecule has 0 bridgehead atoms. The Labute approximate surface area is 245 Å². The third kappa shape index (κ3) is 11.9. The number of carbonyl (C=O) groups is 1. The van der Waals surface area contributed by atoms with Crippen molar-refractivity contribution >= 4 is 18.0 Å². The van der Waals surface area contributed by atoms with E-state index in [1.807, 2.05) is 54.3 Å². The van der Waals surface area contributed by atoms with Crippen LogP contribution < -0.4 is 26.8 Å². The van der Waals surface area contributed by atoms with Crippen molar-refractivity contribution in [1.82, 2.24) is 15.5 Å². The summed E-state index contributed by atoms with van der Waals surface area (Å²) in [6.45, 7) is 5.57. The summed E-state index contributed by atoms with van der Waals surface area (Å²) < 4.78 is 6.18. The van der Waals surface area contributed by atoms with E-state index in [-0.39, 0.29) is 12.0 Å². The predicted molar refractivity (Wildman–Crippen MR) is 168 cm³/mol. The van der Waals surface area contributed by atoms with Crippen molar-refractivity contribution in [2.75, 3.05) is 26.2 Å². The molecule has 1 aliphatic heterocycles. The van der Waals surface area contributed by atoms with Gasteiger partial charge in [-0.05, 0) is 49.8 Å². The summed E-state index contributed by atoms with van der Waals surface area (Å²) in [6, 6.07) is 16.0. The van der Waals surface area contributed by atoms with Gasteiger partial charge in [-0.3, -0.25) is 5.32 Å². The van der Waals surface area contributed by atoms with Crippen LogP contribution in [0, 0.1) is 0 Å². The van der Waals surface area contributed by atoms with Crippen molar-refractivity contribution in [2.24, 2.45) is 21.5 Å². The summed E-state index contributed by atoms with van der Waals surface area (Å²) in [7, 11) is 0. The number of allylic oxidation sites excluding steroid dienone is 1. The van der Waals surface area contributed by atoms with Gasteiger partial charge >= 0.3 is 6.03 Å². The van der Waals surface area contributed by atoms with Gasteiger partial charge in [-0.25, -0.2) is 14.8 Å². The largest absolute Gasteiger partial charge is 0.489 e. The van der Waals surface area contributed by atoms with Crippen LogP contribution >= 0.6 is 0 Å². The molecule has 0 saturated heterocycles. The first-order valence-electron chi connectivity index (χ1n) is 14.8. The molecule has 1 heterocycles. The van der Waals surface area contributed by atoms with Crippen LogP contribution in [0.2, 0.25) is 0 Å². The molecular formula is C32H47N7O2. The van der Waals surface area contributed by atoms with Gasteiger partial charge in [-0.15, -0.1) is 0 Å². The molecule has 2 amide bonds. The number of hydrogen-bond acceptors (Lipinski definition) is 5. The van der Waals surface area contributed by atoms with Gasteiger partial charge in [-0.1, -0.05) is 80.3 Å². The van der Waals surface area contributed by atoms with E-state index in [9.17, 15) is 4.79 Å². The predicted octanol–water partition coefficient (Wildman–Crippen LogP) is 4.86. The Morgan fingerprint density at radius 1 is 1.05 bits per heavy atom. The summed E-state index contributed by atoms with van der Waals surface area (Å²) in [5.41, 5.74) is 15.3. The van der Waals surface area contributed by atoms with E-state index >= 15 is 0 Å². The first-order valence-corrected chi connectivity index (χ1v) is 14.8. The number of nitrogens with one attached hydrogen (secondary N) is 2. The summed E-state index contributed by atoms with van der Waals surface area (Å²) in [6.07, 6.45) is 12.2. The fourth-order valence-corrected chi connectivity index (χ4v) is 4.71. The molecule has 41 heavy (non-hydrogen) atoms. The van der Waals surface area contributed by atoms with Crippen molar-refractivity contribution in [1.29, 1.82) is 0 Å². The van der Waals surface area contributed by atoms with Gasteiger partial charge in [0.25, 0.3) is 0 Å². The van der Waals surface area contributed by atoms with E-state index in [0.717, 1.165) is 74.8 Å². The summed E-state index contributed by atoms with van der Waals surface area (Å²) in [5.74, 6) is 1.39. The standard InChI is InChI=1S/C32H47N7O2/c1-2-3-20-35-30(33)36-21-12-6-4-5-7-13-22-39-23-14-18-26-15-8-9-17-28(26)25-41-29-19-11-10-16-27(29)24-37-31(34)38-32(39)40/h2-3,8-11,15-17,19H,4-7,12-14,18,20-25H2,1H3,(H3,33,35,36)(H3,34,37,38,40). The normalized spacial score (nSPS) is 15.1. The number of carbonyl (C=O) groups excluding carboxylic acids is 1. The number of amides is 2. The van der Waals surface area contributed by atoms with Crippen LogP contribution in [0.3, 0.4) is 0 Å². The summed E-state index contributed by atoms with van der Waals surface area (Å²) in [5, 5.41) is 5.96. The lowest BCUT2D eigenvalue weighted by Gasteiger charge is -2.23. The molecule has 3 rings (SSSR count). The zero-order valence-electron chi connectivity index (χ0n) is 24.5. The second-order valence-corrected chi connectivity index (χ2v) is 10.2. The highest BCUT2D eigenvalue weighted by Gasteiger charge is 2.15. The van der Waals surface area contributed by atoms with E-state index in [2.05, 4.69) is 38.8 Å². The van der Waals surface area contributed by atoms with E-state index in [1.54, 1.807) is 0 Å². The second kappa shape index (κ2) is 18.4. The van der Waals surface area contributed by atoms with Crippen LogP contribution in [0.15, 0.2) is 70.7 Å². The first-order chi connectivity index (χ1) is 20.1. The maximum Gasteiger partial charge on any atom is 0.324 e. The van der Waals surface area contributed by atoms with Crippen molar-refractivity contribution in [3.8, 4) is 5.75 Å². The molecule has 0 unspecified atom stereocenters. The third-order valence-corrected chi connectivity index (χ3v) is 7.05. The molecule has 6 N–H and O–H groups in total. The molecule has 0 spiro atoms. The summed E-state index contributed by atoms with van der Waals surface area (Å²) >= 11 is 0. The Morgan fingerprint density at radius 3 is 2.56 bits per heavy atom. The first kappa shape index (κ1) is 31.5. The number of aryl methyl sites for hydroxylation is 1. The summed E-state index contributed by atoms with van der Waals surface area (Å²) in [4.78, 5) is 23.6. The number of nitrogens with zero attached hydrogens (tertiary/aromatic N) is 3. The fourth-order valence-electron chi connectivity index (χ4n) is 4.71. The van der Waals surface area contributed by atoms with Crippen molar-refractivity contribution in [3.63, 3.8) is 0 Å². The Morgan fingerprint density at radius 2 is 1.76 bits per heavy atom. The lowest BCUT2D eigenvalue weighted by atomic mass is 10.0. The average molecular weight is 562 g/mol. The molecule has 0 saturated carbocycles. The third-order valence-electron chi connectivity index (χ3n) is 7.05. The van der Waals surface area contributed by atoms with Gasteiger partial charge in [0.2, 0.25) is 0 Å². The number of ether oxygens (including phenoxy) is 1. The molecule has 0 aliphatic carbocycles. The monoisotopic (exact) mass is 561 g/mol. The van der Waals surface area contributed by atoms with Crippen LogP contribution in [0.25, 0.3) is 0 Å². The number of nitrogens with two attached hydrogens (primary N) is 2. The number of guanidine groups is 2. The number of unbranched alkanes of at least 4 members (excludes halogenated alkanes) is 5. The minimum absolute atomic E-state index is 0.120. The van der Waals surface area contributed by atoms with Crippen LogP contribution in [0.1, 0.15) is 68.6 Å². The number of benzene rings is 2. The zero-order valence-corrected chi connectivity index (χ0v) is 24.5. The highest BCUT2D eigenvalue weighted by molar-refractivity contribution is 5.95. The maximum absolute atomic E-state index is 13.1. The lowest BCUT2D eigenvalue weighted by molar-refractivity contribution is 0.200. The van der Waals surface area contributed by atoms with Crippen molar-refractivity contribution < 1.29 is 9.53 Å². The van der Waals surface area contributed by atoms with Crippen LogP contribution in [0.5, 0.6) is 5.75 Å². The van der Waals surface area contributed by atoms with Crippen LogP contribution in [-0.2, 0) is 19.6 Å². The number of para-hydroxylation sites is 1. The zero-order chi connectivity index (χ0) is 29.1. The number of hydrogen-bond donors (Lipinski definition) is 4. The van der Waals surface area contributed by atoms with Gasteiger partial charge in [0.1, 0.15) is 12.4 Å². The molecule has 2 aromatic rings. The lowest BCUT2D eigenvalue weighted by Crippen LogP contribution is -2.46. The average Bonchev–Trinajstić information content (AvgIpc) is 2.98. The highest BCUT2D eigenvalue weighted by atomic mass is 16.5. The van der Waals surface area contributed by atoms with Gasteiger partial charge in [0.15, 0.2) is 11.9 Å².